The van der Waals surface area contributed by atoms with Gasteiger partial charge in [0.15, 0.2) is 0 Å². The zero-order valence-electron chi connectivity index (χ0n) is 13.6. The van der Waals surface area contributed by atoms with Gasteiger partial charge in [0.05, 0.1) is 0 Å². The first kappa shape index (κ1) is 20.4. The SMILES string of the molecule is C#CC=CCCCCC=CC#CC#CCCCC=CC#CCO. The molecule has 0 aromatic rings. The van der Waals surface area contributed by atoms with E-state index in [2.05, 4.69) is 47.5 Å². The maximum Gasteiger partial charge on any atom is 0.104 e. The van der Waals surface area contributed by atoms with Crippen molar-refractivity contribution in [2.24, 2.45) is 0 Å². The highest BCUT2D eigenvalue weighted by Gasteiger charge is 1.82. The number of aliphatic hydroxyl groups excluding tert-OH is 1. The van der Waals surface area contributed by atoms with E-state index in [0.717, 1.165) is 44.9 Å². The molecule has 0 radical (unpaired) electrons. The Balaban J connectivity index is 3.58. The smallest absolute Gasteiger partial charge is 0.104 e. The molecule has 0 fully saturated rings. The van der Waals surface area contributed by atoms with Crippen LogP contribution in [0.3, 0.4) is 0 Å². The van der Waals surface area contributed by atoms with Crippen LogP contribution in [0.5, 0.6) is 0 Å². The number of rotatable bonds is 8. The van der Waals surface area contributed by atoms with Crippen molar-refractivity contribution in [3.63, 3.8) is 0 Å². The second-order valence-electron chi connectivity index (χ2n) is 4.60. The molecule has 118 valence electrons. The highest BCUT2D eigenvalue weighted by Crippen LogP contribution is 2.01. The van der Waals surface area contributed by atoms with E-state index in [9.17, 15) is 0 Å². The summed E-state index contributed by atoms with van der Waals surface area (Å²) >= 11 is 0. The Hall–Kier alpha value is -2.58. The molecule has 0 amide bonds. The lowest BCUT2D eigenvalue weighted by Crippen LogP contribution is -1.72. The molecule has 0 heterocycles. The molecule has 0 rings (SSSR count). The van der Waals surface area contributed by atoms with E-state index in [4.69, 9.17) is 11.5 Å². The number of aliphatic hydroxyl groups is 1. The van der Waals surface area contributed by atoms with Gasteiger partial charge in [0.25, 0.3) is 0 Å². The van der Waals surface area contributed by atoms with Gasteiger partial charge in [0.2, 0.25) is 0 Å². The van der Waals surface area contributed by atoms with Crippen molar-refractivity contribution in [2.45, 2.75) is 44.9 Å². The summed E-state index contributed by atoms with van der Waals surface area (Å²) in [6.07, 6.45) is 23.7. The van der Waals surface area contributed by atoms with Gasteiger partial charge in [-0.25, -0.2) is 0 Å². The van der Waals surface area contributed by atoms with Gasteiger partial charge < -0.3 is 5.11 Å². The Bertz CT molecular complexity index is 592. The third-order valence-electron chi connectivity index (χ3n) is 2.68. The predicted molar refractivity (Wildman–Crippen MR) is 99.0 cm³/mol. The zero-order chi connectivity index (χ0) is 16.8. The molecule has 0 aliphatic heterocycles. The Morgan fingerprint density at radius 3 is 2.09 bits per heavy atom. The summed E-state index contributed by atoms with van der Waals surface area (Å²) in [7, 11) is 0. The van der Waals surface area contributed by atoms with E-state index in [0.29, 0.717) is 0 Å². The van der Waals surface area contributed by atoms with E-state index in [-0.39, 0.29) is 6.61 Å². The molecule has 0 spiro atoms. The molecule has 0 aromatic heterocycles. The molecular weight excluding hydrogens is 280 g/mol. The maximum atomic E-state index is 8.46. The van der Waals surface area contributed by atoms with Crippen molar-refractivity contribution in [3.8, 4) is 47.9 Å². The maximum absolute atomic E-state index is 8.46. The standard InChI is InChI=1S/C22H24O/c1-2-3-4-5-6-7-8-9-10-11-12-13-14-15-16-17-18-19-20-21-22-23/h1,3-4,9-10,18-19,23H,5-8,15-17,22H2. The van der Waals surface area contributed by atoms with Crippen LogP contribution in [-0.2, 0) is 0 Å². The van der Waals surface area contributed by atoms with Gasteiger partial charge >= 0.3 is 0 Å². The van der Waals surface area contributed by atoms with Gasteiger partial charge in [-0.05, 0) is 68.6 Å². The van der Waals surface area contributed by atoms with E-state index in [1.807, 2.05) is 18.2 Å². The molecule has 0 aliphatic rings. The minimum absolute atomic E-state index is 0.0905. The monoisotopic (exact) mass is 304 g/mol. The van der Waals surface area contributed by atoms with Crippen molar-refractivity contribution in [1.29, 1.82) is 0 Å². The first-order valence-electron chi connectivity index (χ1n) is 7.90. The van der Waals surface area contributed by atoms with Crippen LogP contribution in [0.15, 0.2) is 36.5 Å². The van der Waals surface area contributed by atoms with Gasteiger partial charge in [0.1, 0.15) is 6.61 Å². The fourth-order valence-corrected chi connectivity index (χ4v) is 1.56. The summed E-state index contributed by atoms with van der Waals surface area (Å²) in [4.78, 5) is 0. The first-order chi connectivity index (χ1) is 11.4. The van der Waals surface area contributed by atoms with Crippen molar-refractivity contribution in [3.05, 3.63) is 36.5 Å². The lowest BCUT2D eigenvalue weighted by Gasteiger charge is -1.90. The second kappa shape index (κ2) is 19.4. The summed E-state index contributed by atoms with van der Waals surface area (Å²) in [5.74, 6) is 19.4. The Labute approximate surface area is 141 Å². The van der Waals surface area contributed by atoms with Crippen LogP contribution in [0, 0.1) is 47.9 Å². The van der Waals surface area contributed by atoms with Crippen LogP contribution in [-0.4, -0.2) is 11.7 Å². The van der Waals surface area contributed by atoms with Crippen LogP contribution in [0.2, 0.25) is 0 Å². The van der Waals surface area contributed by atoms with Crippen LogP contribution in [0.1, 0.15) is 44.9 Å². The van der Waals surface area contributed by atoms with Gasteiger partial charge in [-0.2, -0.15) is 0 Å². The highest BCUT2D eigenvalue weighted by atomic mass is 16.2. The molecule has 0 saturated carbocycles. The summed E-state index contributed by atoms with van der Waals surface area (Å²) < 4.78 is 0. The lowest BCUT2D eigenvalue weighted by molar-refractivity contribution is 0.350. The Kier molecular flexibility index (Phi) is 17.2. The van der Waals surface area contributed by atoms with Gasteiger partial charge in [-0.15, -0.1) is 6.42 Å². The van der Waals surface area contributed by atoms with Crippen molar-refractivity contribution in [2.75, 3.05) is 6.61 Å². The van der Waals surface area contributed by atoms with Crippen molar-refractivity contribution >= 4 is 0 Å². The average Bonchev–Trinajstić information content (AvgIpc) is 2.57. The Morgan fingerprint density at radius 2 is 1.39 bits per heavy atom. The highest BCUT2D eigenvalue weighted by molar-refractivity contribution is 5.30. The zero-order valence-corrected chi connectivity index (χ0v) is 13.6. The van der Waals surface area contributed by atoms with Crippen LogP contribution < -0.4 is 0 Å². The molecule has 1 N–H and O–H groups in total. The van der Waals surface area contributed by atoms with Crippen LogP contribution >= 0.6 is 0 Å². The summed E-state index contributed by atoms with van der Waals surface area (Å²) in [6.45, 7) is -0.0905. The van der Waals surface area contributed by atoms with Gasteiger partial charge in [-0.1, -0.05) is 47.8 Å². The van der Waals surface area contributed by atoms with Crippen molar-refractivity contribution < 1.29 is 5.11 Å². The van der Waals surface area contributed by atoms with E-state index >= 15 is 0 Å². The van der Waals surface area contributed by atoms with E-state index in [1.54, 1.807) is 12.2 Å². The molecule has 0 aromatic carbocycles. The first-order valence-corrected chi connectivity index (χ1v) is 7.90. The fourth-order valence-electron chi connectivity index (χ4n) is 1.56. The predicted octanol–water partition coefficient (Wildman–Crippen LogP) is 4.02. The Morgan fingerprint density at radius 1 is 0.739 bits per heavy atom. The average molecular weight is 304 g/mol. The van der Waals surface area contributed by atoms with Gasteiger partial charge in [-0.3, -0.25) is 0 Å². The number of allylic oxidation sites excluding steroid dienone is 6. The van der Waals surface area contributed by atoms with E-state index in [1.165, 1.54) is 0 Å². The molecule has 0 atom stereocenters. The van der Waals surface area contributed by atoms with Crippen LogP contribution in [0.25, 0.3) is 0 Å². The second-order valence-corrected chi connectivity index (χ2v) is 4.60. The number of terminal acetylenes is 1. The summed E-state index contributed by atoms with van der Waals surface area (Å²) in [5, 5.41) is 8.46. The number of hydrogen-bond acceptors (Lipinski definition) is 1. The molecular formula is C22H24O. The minimum Gasteiger partial charge on any atom is -0.384 e. The fraction of sp³-hybridized carbons (Fsp3) is 0.364. The number of hydrogen-bond donors (Lipinski definition) is 1. The topological polar surface area (TPSA) is 20.2 Å². The van der Waals surface area contributed by atoms with Gasteiger partial charge in [0, 0.05) is 6.42 Å². The lowest BCUT2D eigenvalue weighted by atomic mass is 10.2. The molecule has 0 aliphatic carbocycles. The minimum atomic E-state index is -0.0905. The third kappa shape index (κ3) is 19.4. The van der Waals surface area contributed by atoms with Crippen LogP contribution in [0.4, 0.5) is 0 Å². The summed E-state index contributed by atoms with van der Waals surface area (Å²) in [5.41, 5.74) is 0. The molecule has 23 heavy (non-hydrogen) atoms. The third-order valence-corrected chi connectivity index (χ3v) is 2.68. The van der Waals surface area contributed by atoms with E-state index < -0.39 is 0 Å². The molecule has 1 heteroatoms. The molecule has 0 saturated heterocycles. The normalized spacial score (nSPS) is 9.74. The largest absolute Gasteiger partial charge is 0.384 e. The molecule has 0 unspecified atom stereocenters. The molecule has 0 bridgehead atoms. The summed E-state index contributed by atoms with van der Waals surface area (Å²) in [6, 6.07) is 0. The molecule has 1 nitrogen and oxygen atoms in total. The number of unbranched alkanes of at least 4 members (excludes halogenated alkanes) is 5. The van der Waals surface area contributed by atoms with Crippen molar-refractivity contribution in [1.82, 2.24) is 0 Å². The quantitative estimate of drug-likeness (QED) is 0.530.